The van der Waals surface area contributed by atoms with Crippen LogP contribution in [0.2, 0.25) is 0 Å². The molecule has 0 aliphatic rings. The van der Waals surface area contributed by atoms with E-state index in [0.29, 0.717) is 5.56 Å². The molecule has 6 heteroatoms. The van der Waals surface area contributed by atoms with Crippen LogP contribution in [0.1, 0.15) is 5.56 Å². The number of nitro benzene ring substituents is 1. The highest BCUT2D eigenvalue weighted by atomic mass is 32.1. The highest BCUT2D eigenvalue weighted by Crippen LogP contribution is 2.18. The Bertz CT molecular complexity index is 395. The third-order valence-electron chi connectivity index (χ3n) is 1.59. The SMILES string of the molecule is NC(=S)Cc1ccc(F)c([N+](=O)[O-])c1. The van der Waals surface area contributed by atoms with Crippen LogP contribution in [-0.2, 0) is 6.42 Å². The fourth-order valence-electron chi connectivity index (χ4n) is 1.01. The second-order valence-electron chi connectivity index (χ2n) is 2.69. The van der Waals surface area contributed by atoms with E-state index in [2.05, 4.69) is 12.2 Å². The zero-order chi connectivity index (χ0) is 10.7. The largest absolute Gasteiger partial charge is 0.393 e. The summed E-state index contributed by atoms with van der Waals surface area (Å²) in [6.45, 7) is 0. The number of thiocarbonyl (C=S) groups is 1. The van der Waals surface area contributed by atoms with E-state index in [1.165, 1.54) is 6.07 Å². The molecule has 0 aliphatic heterocycles. The maximum atomic E-state index is 12.9. The Morgan fingerprint density at radius 3 is 2.79 bits per heavy atom. The molecule has 0 aromatic heterocycles. The summed E-state index contributed by atoms with van der Waals surface area (Å²) in [5, 5.41) is 10.4. The Kier molecular flexibility index (Phi) is 3.08. The number of nitrogens with zero attached hydrogens (tertiary/aromatic N) is 1. The lowest BCUT2D eigenvalue weighted by Crippen LogP contribution is -2.11. The third-order valence-corrected chi connectivity index (χ3v) is 1.73. The van der Waals surface area contributed by atoms with Crippen molar-refractivity contribution in [2.24, 2.45) is 5.73 Å². The van der Waals surface area contributed by atoms with Gasteiger partial charge in [0.25, 0.3) is 0 Å². The zero-order valence-corrected chi connectivity index (χ0v) is 7.88. The van der Waals surface area contributed by atoms with Crippen LogP contribution >= 0.6 is 12.2 Å². The lowest BCUT2D eigenvalue weighted by molar-refractivity contribution is -0.387. The average molecular weight is 214 g/mol. The lowest BCUT2D eigenvalue weighted by atomic mass is 10.1. The van der Waals surface area contributed by atoms with E-state index >= 15 is 0 Å². The molecule has 4 nitrogen and oxygen atoms in total. The van der Waals surface area contributed by atoms with Crippen molar-refractivity contribution in [3.63, 3.8) is 0 Å². The van der Waals surface area contributed by atoms with Crippen molar-refractivity contribution in [1.82, 2.24) is 0 Å². The molecule has 0 unspecified atom stereocenters. The molecule has 0 bridgehead atoms. The fourth-order valence-corrected chi connectivity index (χ4v) is 1.18. The quantitative estimate of drug-likeness (QED) is 0.471. The molecule has 14 heavy (non-hydrogen) atoms. The summed E-state index contributed by atoms with van der Waals surface area (Å²) >= 11 is 4.63. The van der Waals surface area contributed by atoms with Crippen molar-refractivity contribution in [2.45, 2.75) is 6.42 Å². The topological polar surface area (TPSA) is 69.2 Å². The van der Waals surface area contributed by atoms with Crippen LogP contribution < -0.4 is 5.73 Å². The van der Waals surface area contributed by atoms with Gasteiger partial charge in [-0.05, 0) is 11.6 Å². The maximum absolute atomic E-state index is 12.9. The van der Waals surface area contributed by atoms with Crippen molar-refractivity contribution in [1.29, 1.82) is 0 Å². The monoisotopic (exact) mass is 214 g/mol. The van der Waals surface area contributed by atoms with Gasteiger partial charge >= 0.3 is 5.69 Å². The number of nitrogens with two attached hydrogens (primary N) is 1. The molecule has 2 N–H and O–H groups in total. The van der Waals surface area contributed by atoms with Crippen LogP contribution in [0.25, 0.3) is 0 Å². The fraction of sp³-hybridized carbons (Fsp3) is 0.125. The molecule has 1 aromatic carbocycles. The summed E-state index contributed by atoms with van der Waals surface area (Å²) in [4.78, 5) is 9.80. The molecule has 74 valence electrons. The van der Waals surface area contributed by atoms with Crippen LogP contribution in [0.4, 0.5) is 10.1 Å². The summed E-state index contributed by atoms with van der Waals surface area (Å²) < 4.78 is 12.9. The summed E-state index contributed by atoms with van der Waals surface area (Å²) in [6, 6.07) is 3.59. The van der Waals surface area contributed by atoms with Crippen molar-refractivity contribution >= 4 is 22.9 Å². The van der Waals surface area contributed by atoms with Crippen molar-refractivity contribution in [3.8, 4) is 0 Å². The molecular formula is C8H7FN2O2S. The van der Waals surface area contributed by atoms with Gasteiger partial charge in [-0.3, -0.25) is 10.1 Å². The molecule has 0 saturated carbocycles. The van der Waals surface area contributed by atoms with E-state index in [-0.39, 0.29) is 11.4 Å². The standard InChI is InChI=1S/C8H7FN2O2S/c9-6-2-1-5(4-8(10)14)3-7(6)11(12)13/h1-3H,4H2,(H2,10,14). The van der Waals surface area contributed by atoms with Gasteiger partial charge in [0.2, 0.25) is 5.82 Å². The number of rotatable bonds is 3. The first kappa shape index (κ1) is 10.5. The minimum Gasteiger partial charge on any atom is -0.393 e. The first-order valence-electron chi connectivity index (χ1n) is 3.72. The smallest absolute Gasteiger partial charge is 0.305 e. The van der Waals surface area contributed by atoms with Gasteiger partial charge < -0.3 is 5.73 Å². The van der Waals surface area contributed by atoms with Crippen LogP contribution in [0.5, 0.6) is 0 Å². The molecule has 0 aliphatic carbocycles. The molecule has 1 aromatic rings. The molecule has 0 amide bonds. The molecule has 0 heterocycles. The average Bonchev–Trinajstić information content (AvgIpc) is 2.07. The van der Waals surface area contributed by atoms with Gasteiger partial charge in [-0.15, -0.1) is 0 Å². The summed E-state index contributed by atoms with van der Waals surface area (Å²) in [7, 11) is 0. The predicted molar refractivity (Wildman–Crippen MR) is 53.5 cm³/mol. The van der Waals surface area contributed by atoms with E-state index < -0.39 is 16.4 Å². The molecule has 1 rings (SSSR count). The molecule has 0 radical (unpaired) electrons. The van der Waals surface area contributed by atoms with Gasteiger partial charge in [-0.1, -0.05) is 18.3 Å². The van der Waals surface area contributed by atoms with Gasteiger partial charge in [0.05, 0.1) is 9.91 Å². The van der Waals surface area contributed by atoms with E-state index in [1.807, 2.05) is 0 Å². The maximum Gasteiger partial charge on any atom is 0.305 e. The van der Waals surface area contributed by atoms with E-state index in [0.717, 1.165) is 12.1 Å². The molecular weight excluding hydrogens is 207 g/mol. The summed E-state index contributed by atoms with van der Waals surface area (Å²) in [5.41, 5.74) is 5.23. The van der Waals surface area contributed by atoms with Crippen LogP contribution in [0, 0.1) is 15.9 Å². The Morgan fingerprint density at radius 1 is 1.64 bits per heavy atom. The minimum absolute atomic E-state index is 0.214. The first-order chi connectivity index (χ1) is 6.50. The number of nitro groups is 1. The Balaban J connectivity index is 3.06. The second-order valence-corrected chi connectivity index (χ2v) is 3.21. The Morgan fingerprint density at radius 2 is 2.29 bits per heavy atom. The number of hydrogen-bond donors (Lipinski definition) is 1. The van der Waals surface area contributed by atoms with Crippen LogP contribution in [0.15, 0.2) is 18.2 Å². The molecule has 0 atom stereocenters. The molecule has 0 saturated heterocycles. The summed E-state index contributed by atoms with van der Waals surface area (Å²) in [5.74, 6) is -0.860. The Labute approximate surface area is 84.7 Å². The van der Waals surface area contributed by atoms with Gasteiger partial charge in [-0.2, -0.15) is 4.39 Å². The minimum atomic E-state index is -0.860. The molecule has 0 fully saturated rings. The Hall–Kier alpha value is -1.56. The van der Waals surface area contributed by atoms with Crippen LogP contribution in [-0.4, -0.2) is 9.91 Å². The van der Waals surface area contributed by atoms with Crippen LogP contribution in [0.3, 0.4) is 0 Å². The van der Waals surface area contributed by atoms with Gasteiger partial charge in [-0.25, -0.2) is 0 Å². The lowest BCUT2D eigenvalue weighted by Gasteiger charge is -1.99. The normalized spacial score (nSPS) is 9.79. The number of halogens is 1. The summed E-state index contributed by atoms with van der Waals surface area (Å²) in [6.07, 6.45) is 0.233. The highest BCUT2D eigenvalue weighted by Gasteiger charge is 2.14. The first-order valence-corrected chi connectivity index (χ1v) is 4.12. The second kappa shape index (κ2) is 4.10. The van der Waals surface area contributed by atoms with Gasteiger partial charge in [0, 0.05) is 12.5 Å². The van der Waals surface area contributed by atoms with Crippen molar-refractivity contribution in [3.05, 3.63) is 39.7 Å². The van der Waals surface area contributed by atoms with E-state index in [9.17, 15) is 14.5 Å². The number of hydrogen-bond acceptors (Lipinski definition) is 3. The third kappa shape index (κ3) is 2.46. The van der Waals surface area contributed by atoms with E-state index in [1.54, 1.807) is 0 Å². The predicted octanol–water partition coefficient (Wildman–Crippen LogP) is 1.56. The molecule has 0 spiro atoms. The van der Waals surface area contributed by atoms with E-state index in [4.69, 9.17) is 5.73 Å². The van der Waals surface area contributed by atoms with Gasteiger partial charge in [0.1, 0.15) is 0 Å². The zero-order valence-electron chi connectivity index (χ0n) is 7.07. The van der Waals surface area contributed by atoms with Crippen molar-refractivity contribution < 1.29 is 9.31 Å². The van der Waals surface area contributed by atoms with Gasteiger partial charge in [0.15, 0.2) is 0 Å². The number of benzene rings is 1. The van der Waals surface area contributed by atoms with Crippen molar-refractivity contribution in [2.75, 3.05) is 0 Å². The highest BCUT2D eigenvalue weighted by molar-refractivity contribution is 7.80.